The first-order valence-electron chi connectivity index (χ1n) is 4.12. The normalized spacial score (nSPS) is 11.6. The van der Waals surface area contributed by atoms with Crippen molar-refractivity contribution in [2.24, 2.45) is 5.73 Å². The summed E-state index contributed by atoms with van der Waals surface area (Å²) in [5.41, 5.74) is 5.88. The number of aliphatic hydroxyl groups excluding tert-OH is 1. The standard InChI is InChI=1S/C8H8F3IN2O2/c9-8(10,11)16-6-1-4(3-15)7(12)5(2-13)14-6/h1,15H,2-3,13H2. The number of halogens is 4. The summed E-state index contributed by atoms with van der Waals surface area (Å²) in [6.07, 6.45) is -4.81. The fourth-order valence-corrected chi connectivity index (χ4v) is 1.70. The third-order valence-electron chi connectivity index (χ3n) is 1.66. The maximum absolute atomic E-state index is 12.0. The molecule has 1 rings (SSSR count). The molecule has 0 atom stereocenters. The summed E-state index contributed by atoms with van der Waals surface area (Å²) in [5.74, 6) is -0.614. The molecule has 0 unspecified atom stereocenters. The molecule has 1 aromatic rings. The number of hydrogen-bond donors (Lipinski definition) is 2. The molecule has 0 aromatic carbocycles. The van der Waals surface area contributed by atoms with Crippen LogP contribution in [0.15, 0.2) is 6.07 Å². The lowest BCUT2D eigenvalue weighted by Gasteiger charge is -2.12. The maximum Gasteiger partial charge on any atom is 0.574 e. The van der Waals surface area contributed by atoms with E-state index in [0.717, 1.165) is 6.07 Å². The third-order valence-corrected chi connectivity index (χ3v) is 2.98. The highest BCUT2D eigenvalue weighted by molar-refractivity contribution is 14.1. The van der Waals surface area contributed by atoms with Crippen LogP contribution in [0.2, 0.25) is 0 Å². The number of pyridine rings is 1. The second-order valence-electron chi connectivity index (χ2n) is 2.79. The lowest BCUT2D eigenvalue weighted by Crippen LogP contribution is -2.19. The molecule has 4 nitrogen and oxygen atoms in total. The SMILES string of the molecule is NCc1nc(OC(F)(F)F)cc(CO)c1I. The summed E-state index contributed by atoms with van der Waals surface area (Å²) < 4.78 is 40.1. The van der Waals surface area contributed by atoms with E-state index in [9.17, 15) is 13.2 Å². The quantitative estimate of drug-likeness (QED) is 0.814. The average molecular weight is 348 g/mol. The van der Waals surface area contributed by atoms with Crippen molar-refractivity contribution >= 4 is 22.6 Å². The first-order valence-corrected chi connectivity index (χ1v) is 5.20. The fourth-order valence-electron chi connectivity index (χ4n) is 1.03. The van der Waals surface area contributed by atoms with Gasteiger partial charge in [-0.2, -0.15) is 0 Å². The topological polar surface area (TPSA) is 68.4 Å². The monoisotopic (exact) mass is 348 g/mol. The minimum atomic E-state index is -4.81. The van der Waals surface area contributed by atoms with E-state index in [1.807, 2.05) is 22.6 Å². The fraction of sp³-hybridized carbons (Fsp3) is 0.375. The average Bonchev–Trinajstić information content (AvgIpc) is 2.18. The zero-order valence-corrected chi connectivity index (χ0v) is 10.0. The second-order valence-corrected chi connectivity index (χ2v) is 3.87. The van der Waals surface area contributed by atoms with E-state index < -0.39 is 18.8 Å². The molecule has 1 heterocycles. The number of alkyl halides is 3. The summed E-state index contributed by atoms with van der Waals surface area (Å²) in [6, 6.07) is 1.04. The summed E-state index contributed by atoms with van der Waals surface area (Å²) in [5, 5.41) is 8.95. The molecule has 0 amide bonds. The number of nitrogens with two attached hydrogens (primary N) is 1. The molecule has 0 aliphatic carbocycles. The summed E-state index contributed by atoms with van der Waals surface area (Å²) in [7, 11) is 0. The zero-order valence-electron chi connectivity index (χ0n) is 7.88. The van der Waals surface area contributed by atoms with Crippen LogP contribution >= 0.6 is 22.6 Å². The Morgan fingerprint density at radius 2 is 2.12 bits per heavy atom. The van der Waals surface area contributed by atoms with Gasteiger partial charge in [-0.25, -0.2) is 4.98 Å². The van der Waals surface area contributed by atoms with Gasteiger partial charge in [0.1, 0.15) is 0 Å². The van der Waals surface area contributed by atoms with Crippen molar-refractivity contribution in [3.8, 4) is 5.88 Å². The predicted octanol–water partition coefficient (Wildman–Crippen LogP) is 1.54. The molecule has 1 aromatic heterocycles. The zero-order chi connectivity index (χ0) is 12.3. The number of hydrogen-bond acceptors (Lipinski definition) is 4. The minimum absolute atomic E-state index is 0.0274. The Balaban J connectivity index is 3.12. The van der Waals surface area contributed by atoms with E-state index in [1.54, 1.807) is 0 Å². The Kier molecular flexibility index (Phi) is 4.33. The molecule has 0 fully saturated rings. The Morgan fingerprint density at radius 1 is 1.50 bits per heavy atom. The van der Waals surface area contributed by atoms with Crippen molar-refractivity contribution in [3.63, 3.8) is 0 Å². The Labute approximate surface area is 103 Å². The Morgan fingerprint density at radius 3 is 2.56 bits per heavy atom. The van der Waals surface area contributed by atoms with Crippen LogP contribution in [0.5, 0.6) is 5.88 Å². The van der Waals surface area contributed by atoms with Crippen LogP contribution in [0.4, 0.5) is 13.2 Å². The van der Waals surface area contributed by atoms with Crippen LogP contribution in [0, 0.1) is 3.57 Å². The smallest absolute Gasteiger partial charge is 0.392 e. The van der Waals surface area contributed by atoms with E-state index in [1.165, 1.54) is 0 Å². The number of ether oxygens (including phenoxy) is 1. The van der Waals surface area contributed by atoms with Gasteiger partial charge in [0.05, 0.1) is 12.3 Å². The van der Waals surface area contributed by atoms with Crippen LogP contribution < -0.4 is 10.5 Å². The molecule has 0 bridgehead atoms. The number of aromatic nitrogens is 1. The first-order chi connectivity index (χ1) is 7.37. The molecule has 0 radical (unpaired) electrons. The van der Waals surface area contributed by atoms with Gasteiger partial charge in [0, 0.05) is 16.2 Å². The highest BCUT2D eigenvalue weighted by Crippen LogP contribution is 2.25. The number of rotatable bonds is 3. The highest BCUT2D eigenvalue weighted by Gasteiger charge is 2.32. The van der Waals surface area contributed by atoms with Crippen LogP contribution in [0.25, 0.3) is 0 Å². The van der Waals surface area contributed by atoms with Crippen molar-refractivity contribution in [2.45, 2.75) is 19.5 Å². The molecule has 3 N–H and O–H groups in total. The maximum atomic E-state index is 12.0. The molecule has 90 valence electrons. The van der Waals surface area contributed by atoms with Crippen molar-refractivity contribution in [1.82, 2.24) is 4.98 Å². The molecule has 0 aliphatic heterocycles. The van der Waals surface area contributed by atoms with Crippen LogP contribution in [-0.4, -0.2) is 16.5 Å². The third kappa shape index (κ3) is 3.46. The van der Waals surface area contributed by atoms with E-state index >= 15 is 0 Å². The number of aliphatic hydroxyl groups is 1. The molecule has 0 saturated carbocycles. The largest absolute Gasteiger partial charge is 0.574 e. The highest BCUT2D eigenvalue weighted by atomic mass is 127. The van der Waals surface area contributed by atoms with Gasteiger partial charge in [0.15, 0.2) is 0 Å². The summed E-state index contributed by atoms with van der Waals surface area (Å²) >= 11 is 1.86. The van der Waals surface area contributed by atoms with Crippen LogP contribution in [0.3, 0.4) is 0 Å². The van der Waals surface area contributed by atoms with E-state index in [4.69, 9.17) is 10.8 Å². The van der Waals surface area contributed by atoms with Crippen LogP contribution in [-0.2, 0) is 13.2 Å². The predicted molar refractivity (Wildman–Crippen MR) is 57.5 cm³/mol. The van der Waals surface area contributed by atoms with E-state index in [2.05, 4.69) is 9.72 Å². The van der Waals surface area contributed by atoms with Crippen LogP contribution in [0.1, 0.15) is 11.3 Å². The van der Waals surface area contributed by atoms with Crippen molar-refractivity contribution in [3.05, 3.63) is 20.9 Å². The van der Waals surface area contributed by atoms with Crippen molar-refractivity contribution in [1.29, 1.82) is 0 Å². The molecule has 0 saturated heterocycles. The van der Waals surface area contributed by atoms with Gasteiger partial charge in [-0.05, 0) is 28.2 Å². The molecular formula is C8H8F3IN2O2. The van der Waals surface area contributed by atoms with Crippen molar-refractivity contribution < 1.29 is 23.0 Å². The van der Waals surface area contributed by atoms with Gasteiger partial charge in [0.2, 0.25) is 5.88 Å². The summed E-state index contributed by atoms with van der Waals surface area (Å²) in [4.78, 5) is 3.60. The Hall–Kier alpha value is -0.610. The lowest BCUT2D eigenvalue weighted by atomic mass is 10.2. The second kappa shape index (κ2) is 5.15. The first kappa shape index (κ1) is 13.5. The molecular weight excluding hydrogens is 340 g/mol. The lowest BCUT2D eigenvalue weighted by molar-refractivity contribution is -0.276. The molecule has 0 aliphatic rings. The number of nitrogens with zero attached hydrogens (tertiary/aromatic N) is 1. The van der Waals surface area contributed by atoms with E-state index in [-0.39, 0.29) is 12.2 Å². The molecule has 0 spiro atoms. The van der Waals surface area contributed by atoms with Gasteiger partial charge in [0.25, 0.3) is 0 Å². The van der Waals surface area contributed by atoms with E-state index in [0.29, 0.717) is 9.13 Å². The van der Waals surface area contributed by atoms with Gasteiger partial charge in [-0.3, -0.25) is 0 Å². The molecule has 16 heavy (non-hydrogen) atoms. The van der Waals surface area contributed by atoms with Gasteiger partial charge < -0.3 is 15.6 Å². The van der Waals surface area contributed by atoms with Gasteiger partial charge >= 0.3 is 6.36 Å². The molecule has 8 heteroatoms. The van der Waals surface area contributed by atoms with Crippen molar-refractivity contribution in [2.75, 3.05) is 0 Å². The van der Waals surface area contributed by atoms with Gasteiger partial charge in [-0.1, -0.05) is 0 Å². The Bertz CT molecular complexity index is 359. The minimum Gasteiger partial charge on any atom is -0.392 e. The summed E-state index contributed by atoms with van der Waals surface area (Å²) in [6.45, 7) is -0.428. The van der Waals surface area contributed by atoms with Gasteiger partial charge in [-0.15, -0.1) is 13.2 Å².